The molecule has 0 aromatic carbocycles. The van der Waals surface area contributed by atoms with E-state index in [0.29, 0.717) is 0 Å². The molecule has 18 heavy (non-hydrogen) atoms. The van der Waals surface area contributed by atoms with E-state index < -0.39 is 5.54 Å². The van der Waals surface area contributed by atoms with E-state index in [1.807, 2.05) is 0 Å². The predicted octanol–water partition coefficient (Wildman–Crippen LogP) is 0.995. The second-order valence-electron chi connectivity index (χ2n) is 4.85. The maximum absolute atomic E-state index is 11.9. The van der Waals surface area contributed by atoms with Crippen LogP contribution >= 0.6 is 12.4 Å². The molecule has 1 aliphatic rings. The topological polar surface area (TPSA) is 81.4 Å². The highest BCUT2D eigenvalue weighted by atomic mass is 35.5. The van der Waals surface area contributed by atoms with Crippen molar-refractivity contribution < 1.29 is 14.3 Å². The van der Waals surface area contributed by atoms with Gasteiger partial charge in [0.05, 0.1) is 18.6 Å². The smallest absolute Gasteiger partial charge is 0.310 e. The van der Waals surface area contributed by atoms with Gasteiger partial charge in [-0.25, -0.2) is 0 Å². The maximum atomic E-state index is 11.9. The molecule has 0 spiro atoms. The van der Waals surface area contributed by atoms with Crippen molar-refractivity contribution in [3.05, 3.63) is 0 Å². The molecule has 1 saturated carbocycles. The molecular formula is C12H23ClN2O3. The zero-order chi connectivity index (χ0) is 12.9. The fourth-order valence-electron chi connectivity index (χ4n) is 2.12. The number of amides is 1. The summed E-state index contributed by atoms with van der Waals surface area (Å²) >= 11 is 0. The van der Waals surface area contributed by atoms with E-state index >= 15 is 0 Å². The molecule has 1 atom stereocenters. The van der Waals surface area contributed by atoms with Gasteiger partial charge in [-0.15, -0.1) is 12.4 Å². The summed E-state index contributed by atoms with van der Waals surface area (Å²) in [6.07, 6.45) is 4.59. The van der Waals surface area contributed by atoms with Crippen LogP contribution in [0.5, 0.6) is 0 Å². The second kappa shape index (κ2) is 7.59. The van der Waals surface area contributed by atoms with Gasteiger partial charge in [-0.05, 0) is 12.8 Å². The molecule has 1 fully saturated rings. The number of carbonyl (C=O) groups excluding carboxylic acids is 2. The molecule has 0 bridgehead atoms. The van der Waals surface area contributed by atoms with Crippen molar-refractivity contribution in [2.45, 2.75) is 44.6 Å². The fraction of sp³-hybridized carbons (Fsp3) is 0.833. The summed E-state index contributed by atoms with van der Waals surface area (Å²) < 4.78 is 4.59. The molecule has 106 valence electrons. The summed E-state index contributed by atoms with van der Waals surface area (Å²) in [6.45, 7) is 2.00. The number of esters is 1. The molecule has 6 heteroatoms. The Balaban J connectivity index is 0.00000289. The first kappa shape index (κ1) is 17.2. The Morgan fingerprint density at radius 3 is 2.39 bits per heavy atom. The third-order valence-corrected chi connectivity index (χ3v) is 3.37. The van der Waals surface area contributed by atoms with Gasteiger partial charge >= 0.3 is 5.97 Å². The van der Waals surface area contributed by atoms with Gasteiger partial charge in [-0.1, -0.05) is 26.2 Å². The Kier molecular flexibility index (Phi) is 7.25. The second-order valence-corrected chi connectivity index (χ2v) is 4.85. The van der Waals surface area contributed by atoms with E-state index in [4.69, 9.17) is 5.73 Å². The van der Waals surface area contributed by atoms with Crippen LogP contribution in [0.15, 0.2) is 0 Å². The van der Waals surface area contributed by atoms with Gasteiger partial charge in [-0.2, -0.15) is 0 Å². The molecule has 0 heterocycles. The maximum Gasteiger partial charge on any atom is 0.310 e. The van der Waals surface area contributed by atoms with Crippen molar-refractivity contribution in [2.75, 3.05) is 13.7 Å². The molecule has 3 N–H and O–H groups in total. The van der Waals surface area contributed by atoms with Gasteiger partial charge in [0.1, 0.15) is 0 Å². The summed E-state index contributed by atoms with van der Waals surface area (Å²) in [6, 6.07) is 0. The van der Waals surface area contributed by atoms with Gasteiger partial charge in [0.2, 0.25) is 5.91 Å². The van der Waals surface area contributed by atoms with Crippen molar-refractivity contribution >= 4 is 24.3 Å². The monoisotopic (exact) mass is 278 g/mol. The number of carbonyl (C=O) groups is 2. The van der Waals surface area contributed by atoms with E-state index in [0.717, 1.165) is 32.1 Å². The Labute approximate surface area is 114 Å². The van der Waals surface area contributed by atoms with Crippen LogP contribution in [0, 0.1) is 5.92 Å². The molecule has 0 radical (unpaired) electrons. The van der Waals surface area contributed by atoms with E-state index in [-0.39, 0.29) is 36.7 Å². The number of nitrogens with two attached hydrogens (primary N) is 1. The predicted molar refractivity (Wildman–Crippen MR) is 71.4 cm³/mol. The van der Waals surface area contributed by atoms with Crippen molar-refractivity contribution in [3.8, 4) is 0 Å². The minimum absolute atomic E-state index is 0. The number of methoxy groups -OCH3 is 1. The van der Waals surface area contributed by atoms with Gasteiger partial charge < -0.3 is 15.8 Å². The van der Waals surface area contributed by atoms with E-state index in [9.17, 15) is 9.59 Å². The molecular weight excluding hydrogens is 256 g/mol. The van der Waals surface area contributed by atoms with Crippen molar-refractivity contribution in [2.24, 2.45) is 11.7 Å². The average molecular weight is 279 g/mol. The summed E-state index contributed by atoms with van der Waals surface area (Å²) in [5.41, 5.74) is 5.33. The lowest BCUT2D eigenvalue weighted by Crippen LogP contribution is -2.55. The van der Waals surface area contributed by atoms with Gasteiger partial charge in [0.25, 0.3) is 0 Å². The number of ether oxygens (including phenoxy) is 1. The molecule has 1 unspecified atom stereocenters. The van der Waals surface area contributed by atoms with Crippen LogP contribution in [-0.2, 0) is 14.3 Å². The van der Waals surface area contributed by atoms with E-state index in [1.54, 1.807) is 6.92 Å². The Morgan fingerprint density at radius 1 is 1.33 bits per heavy atom. The van der Waals surface area contributed by atoms with Crippen LogP contribution in [-0.4, -0.2) is 31.1 Å². The SMILES string of the molecule is COC(=O)C(C)CNC(=O)C1(N)CCCCC1.Cl. The Hall–Kier alpha value is -0.810. The van der Waals surface area contributed by atoms with E-state index in [2.05, 4.69) is 10.1 Å². The highest BCUT2D eigenvalue weighted by Gasteiger charge is 2.35. The van der Waals surface area contributed by atoms with Crippen LogP contribution in [0.3, 0.4) is 0 Å². The summed E-state index contributed by atoms with van der Waals surface area (Å²) in [7, 11) is 1.34. The summed E-state index contributed by atoms with van der Waals surface area (Å²) in [5, 5.41) is 2.74. The number of halogens is 1. The highest BCUT2D eigenvalue weighted by Crippen LogP contribution is 2.25. The average Bonchev–Trinajstić information content (AvgIpc) is 2.35. The molecule has 1 amide bonds. The van der Waals surface area contributed by atoms with Crippen LogP contribution in [0.4, 0.5) is 0 Å². The quantitative estimate of drug-likeness (QED) is 0.752. The van der Waals surface area contributed by atoms with Gasteiger partial charge in [0, 0.05) is 6.54 Å². The van der Waals surface area contributed by atoms with Gasteiger partial charge in [0.15, 0.2) is 0 Å². The third kappa shape index (κ3) is 4.46. The minimum atomic E-state index is -0.742. The third-order valence-electron chi connectivity index (χ3n) is 3.37. The number of hydrogen-bond acceptors (Lipinski definition) is 4. The molecule has 0 saturated heterocycles. The Bertz CT molecular complexity index is 291. The lowest BCUT2D eigenvalue weighted by atomic mass is 9.82. The summed E-state index contributed by atoms with van der Waals surface area (Å²) in [5.74, 6) is -0.802. The van der Waals surface area contributed by atoms with Crippen LogP contribution in [0.2, 0.25) is 0 Å². The van der Waals surface area contributed by atoms with Crippen molar-refractivity contribution in [1.82, 2.24) is 5.32 Å². The Morgan fingerprint density at radius 2 is 1.89 bits per heavy atom. The van der Waals surface area contributed by atoms with Crippen molar-refractivity contribution in [3.63, 3.8) is 0 Å². The van der Waals surface area contributed by atoms with Crippen LogP contribution in [0.25, 0.3) is 0 Å². The molecule has 0 aliphatic heterocycles. The van der Waals surface area contributed by atoms with E-state index in [1.165, 1.54) is 7.11 Å². The van der Waals surface area contributed by atoms with Crippen molar-refractivity contribution in [1.29, 1.82) is 0 Å². The molecule has 0 aromatic heterocycles. The van der Waals surface area contributed by atoms with Crippen LogP contribution in [0.1, 0.15) is 39.0 Å². The molecule has 1 rings (SSSR count). The highest BCUT2D eigenvalue weighted by molar-refractivity contribution is 5.86. The normalized spacial score (nSPS) is 19.3. The lowest BCUT2D eigenvalue weighted by Gasteiger charge is -2.32. The first-order valence-electron chi connectivity index (χ1n) is 6.14. The largest absolute Gasteiger partial charge is 0.469 e. The minimum Gasteiger partial charge on any atom is -0.469 e. The zero-order valence-electron chi connectivity index (χ0n) is 11.0. The molecule has 1 aliphatic carbocycles. The molecule has 0 aromatic rings. The fourth-order valence-corrected chi connectivity index (χ4v) is 2.12. The summed E-state index contributed by atoms with van der Waals surface area (Å²) in [4.78, 5) is 23.1. The number of hydrogen-bond donors (Lipinski definition) is 2. The lowest BCUT2D eigenvalue weighted by molar-refractivity contribution is -0.144. The number of rotatable bonds is 4. The molecule has 5 nitrogen and oxygen atoms in total. The first-order valence-corrected chi connectivity index (χ1v) is 6.14. The standard InChI is InChI=1S/C12H22N2O3.ClH/c1-9(10(15)17-2)8-14-11(16)12(13)6-4-3-5-7-12;/h9H,3-8,13H2,1-2H3,(H,14,16);1H. The number of nitrogens with one attached hydrogen (secondary N) is 1. The van der Waals surface area contributed by atoms with Crippen LogP contribution < -0.4 is 11.1 Å². The first-order chi connectivity index (χ1) is 7.99. The zero-order valence-corrected chi connectivity index (χ0v) is 11.8. The van der Waals surface area contributed by atoms with Gasteiger partial charge in [-0.3, -0.25) is 9.59 Å².